The van der Waals surface area contributed by atoms with Gasteiger partial charge in [0.05, 0.1) is 17.3 Å². The lowest BCUT2D eigenvalue weighted by Crippen LogP contribution is -2.47. The summed E-state index contributed by atoms with van der Waals surface area (Å²) in [6.45, 7) is -0.0322. The topological polar surface area (TPSA) is 99.2 Å². The van der Waals surface area contributed by atoms with Gasteiger partial charge in [0.2, 0.25) is 16.3 Å². The number of carboxylic acid groups (broad SMARTS) is 1. The Labute approximate surface area is 194 Å². The Hall–Kier alpha value is -2.92. The van der Waals surface area contributed by atoms with Gasteiger partial charge in [-0.3, -0.25) is 4.79 Å². The Bertz CT molecular complexity index is 1270. The summed E-state index contributed by atoms with van der Waals surface area (Å²) in [5.41, 5.74) is 0.968. The molecule has 2 radical (unpaired) electrons. The summed E-state index contributed by atoms with van der Waals surface area (Å²) >= 11 is 2.39. The number of aromatic nitrogens is 2. The zero-order chi connectivity index (χ0) is 23.0. The first-order valence-electron chi connectivity index (χ1n) is 9.60. The summed E-state index contributed by atoms with van der Waals surface area (Å²) in [7, 11) is 0. The molecule has 2 heterocycles. The Kier molecular flexibility index (Phi) is 5.95. The van der Waals surface area contributed by atoms with Crippen molar-refractivity contribution in [3.05, 3.63) is 48.2 Å². The normalized spacial score (nSPS) is 16.3. The molecule has 11 heteroatoms. The summed E-state index contributed by atoms with van der Waals surface area (Å²) < 4.78 is 32.0. The summed E-state index contributed by atoms with van der Waals surface area (Å²) in [5, 5.41) is 15.9. The summed E-state index contributed by atoms with van der Waals surface area (Å²) in [4.78, 5) is 28.7. The van der Waals surface area contributed by atoms with Gasteiger partial charge in [-0.2, -0.15) is 14.0 Å². The van der Waals surface area contributed by atoms with Crippen molar-refractivity contribution in [2.75, 3.05) is 6.54 Å². The van der Waals surface area contributed by atoms with Gasteiger partial charge < -0.3 is 14.6 Å². The Balaban J connectivity index is 1.73. The van der Waals surface area contributed by atoms with E-state index in [-0.39, 0.29) is 29.9 Å². The van der Waals surface area contributed by atoms with Crippen LogP contribution in [0.3, 0.4) is 0 Å². The number of alkyl halides is 2. The number of nitriles is 1. The number of likely N-dealkylation sites (tertiary alicyclic amines) is 1. The first kappa shape index (κ1) is 22.3. The number of hydrogen-bond acceptors (Lipinski definition) is 5. The fourth-order valence-corrected chi connectivity index (χ4v) is 5.09. The van der Waals surface area contributed by atoms with Crippen LogP contribution in [0, 0.1) is 11.3 Å². The molecule has 32 heavy (non-hydrogen) atoms. The van der Waals surface area contributed by atoms with Gasteiger partial charge in [-0.15, -0.1) is 0 Å². The molecule has 2 aromatic carbocycles. The van der Waals surface area contributed by atoms with Crippen LogP contribution in [-0.2, 0) is 9.59 Å². The second-order valence-corrected chi connectivity index (χ2v) is 8.88. The molecule has 4 rings (SSSR count). The Morgan fingerprint density at radius 2 is 1.97 bits per heavy atom. The number of thioether (sulfide) groups is 1. The highest BCUT2D eigenvalue weighted by molar-refractivity contribution is 8.00. The highest BCUT2D eigenvalue weighted by Crippen LogP contribution is 2.39. The largest absolute Gasteiger partial charge is 0.480 e. The molecule has 7 nitrogen and oxygen atoms in total. The minimum atomic E-state index is -3.92. The van der Waals surface area contributed by atoms with Gasteiger partial charge in [-0.25, -0.2) is 9.78 Å². The minimum absolute atomic E-state index is 0.0286. The predicted molar refractivity (Wildman–Crippen MR) is 114 cm³/mol. The van der Waals surface area contributed by atoms with Gasteiger partial charge >= 0.3 is 17.1 Å². The number of halogens is 2. The molecule has 1 unspecified atom stereocenters. The van der Waals surface area contributed by atoms with Crippen LogP contribution in [0.2, 0.25) is 0 Å². The third-order valence-electron chi connectivity index (χ3n) is 5.29. The number of benzene rings is 2. The number of fused-ring (bicyclic) bond motifs is 1. The number of hydrogen-bond donors (Lipinski definition) is 1. The smallest absolute Gasteiger partial charge is 0.377 e. The third-order valence-corrected chi connectivity index (χ3v) is 6.60. The van der Waals surface area contributed by atoms with E-state index in [9.17, 15) is 20.0 Å². The molecular weight excluding hydrogens is 453 g/mol. The number of carboxylic acids is 1. The number of amides is 1. The standard InChI is InChI=1S/C21H15F2N4O3S.Al/c22-21(23,19(30)26-10-3-6-17(26)18(28)29)31-20-25-9-11-27(20)16-8-7-13(12-24)14-4-1-2-5-15(14)16;/h1-2,4-5,7-9,17H,3,6,10H2,(H,28,29);. The molecule has 1 aliphatic heterocycles. The molecule has 1 atom stereocenters. The van der Waals surface area contributed by atoms with Crippen LogP contribution in [0.15, 0.2) is 47.8 Å². The van der Waals surface area contributed by atoms with E-state index in [0.717, 1.165) is 4.90 Å². The molecule has 1 aromatic heterocycles. The maximum atomic E-state index is 15.0. The number of aliphatic carboxylic acids is 1. The minimum Gasteiger partial charge on any atom is -0.480 e. The van der Waals surface area contributed by atoms with E-state index in [2.05, 4.69) is 27.3 Å². The van der Waals surface area contributed by atoms with Crippen LogP contribution in [-0.4, -0.2) is 65.6 Å². The molecule has 1 amide bonds. The number of nitrogens with zero attached hydrogens (tertiary/aromatic N) is 4. The van der Waals surface area contributed by atoms with Crippen molar-refractivity contribution in [1.82, 2.24) is 14.5 Å². The molecule has 0 spiro atoms. The quantitative estimate of drug-likeness (QED) is 0.456. The van der Waals surface area contributed by atoms with E-state index in [4.69, 9.17) is 0 Å². The molecule has 1 saturated heterocycles. The molecular formula is C21H15AlF2N4O3S. The number of rotatable bonds is 5. The maximum Gasteiger partial charge on any atom is 0.377 e. The average molecular weight is 468 g/mol. The summed E-state index contributed by atoms with van der Waals surface area (Å²) in [6, 6.07) is 11.2. The lowest BCUT2D eigenvalue weighted by atomic mass is 10.0. The van der Waals surface area contributed by atoms with E-state index in [1.165, 1.54) is 10.8 Å². The first-order valence-corrected chi connectivity index (χ1v) is 11.0. The van der Waals surface area contributed by atoms with Crippen molar-refractivity contribution in [3.8, 4) is 11.8 Å². The molecule has 1 fully saturated rings. The van der Waals surface area contributed by atoms with Crippen molar-refractivity contribution < 1.29 is 23.5 Å². The second-order valence-electron chi connectivity index (χ2n) is 7.20. The van der Waals surface area contributed by atoms with Crippen molar-refractivity contribution in [3.63, 3.8) is 0 Å². The summed E-state index contributed by atoms with van der Waals surface area (Å²) in [5.74, 6) is -2.84. The number of carbonyl (C=O) groups excluding carboxylic acids is 1. The molecule has 1 N–H and O–H groups in total. The highest BCUT2D eigenvalue weighted by Gasteiger charge is 2.49. The van der Waals surface area contributed by atoms with Crippen LogP contribution in [0.4, 0.5) is 8.78 Å². The molecule has 0 aliphatic carbocycles. The molecule has 0 saturated carbocycles. The van der Waals surface area contributed by atoms with E-state index in [1.54, 1.807) is 36.4 Å². The first-order chi connectivity index (χ1) is 15.2. The van der Waals surface area contributed by atoms with Gasteiger partial charge in [0.1, 0.15) is 6.04 Å². The average Bonchev–Trinajstić information content (AvgIpc) is 3.39. The fraction of sp³-hybridized carbons (Fsp3) is 0.238. The molecule has 1 aliphatic rings. The summed E-state index contributed by atoms with van der Waals surface area (Å²) in [6.07, 6.45) is 1.88. The van der Waals surface area contributed by atoms with Gasteiger partial charge in [-0.05, 0) is 36.7 Å². The highest BCUT2D eigenvalue weighted by atomic mass is 32.2. The van der Waals surface area contributed by atoms with Crippen molar-refractivity contribution in [1.29, 1.82) is 5.26 Å². The zero-order valence-electron chi connectivity index (χ0n) is 16.5. The second kappa shape index (κ2) is 8.55. The maximum absolute atomic E-state index is 15.0. The van der Waals surface area contributed by atoms with Crippen LogP contribution in [0.5, 0.6) is 0 Å². The molecule has 160 valence electrons. The van der Waals surface area contributed by atoms with Crippen LogP contribution >= 0.6 is 11.8 Å². The van der Waals surface area contributed by atoms with Gasteiger partial charge in [0.25, 0.3) is 0 Å². The van der Waals surface area contributed by atoms with E-state index >= 15 is 8.78 Å². The lowest BCUT2D eigenvalue weighted by molar-refractivity contribution is -0.155. The van der Waals surface area contributed by atoms with E-state index in [0.29, 0.717) is 33.0 Å². The monoisotopic (exact) mass is 468 g/mol. The predicted octanol–water partition coefficient (Wildman–Crippen LogP) is 2.45. The van der Waals surface area contributed by atoms with Crippen LogP contribution in [0.25, 0.3) is 16.5 Å². The van der Waals surface area contributed by atoms with Crippen LogP contribution < -0.4 is 4.56 Å². The van der Waals surface area contributed by atoms with Gasteiger partial charge in [0, 0.05) is 23.5 Å². The Morgan fingerprint density at radius 1 is 1.25 bits per heavy atom. The third kappa shape index (κ3) is 3.86. The molecule has 3 aromatic rings. The SMILES string of the molecule is N#Cc1ccc(-n2[c]([Al])cnc2SC(F)(F)C(=O)N2CCCC2C(=O)O)c2ccccc12. The number of carbonyl (C=O) groups is 2. The Morgan fingerprint density at radius 3 is 2.66 bits per heavy atom. The number of imidazole rings is 1. The zero-order valence-corrected chi connectivity index (χ0v) is 18.5. The fourth-order valence-electron chi connectivity index (χ4n) is 3.83. The lowest BCUT2D eigenvalue weighted by Gasteiger charge is -2.26. The van der Waals surface area contributed by atoms with Crippen molar-refractivity contribution >= 4 is 55.3 Å². The van der Waals surface area contributed by atoms with Crippen molar-refractivity contribution in [2.45, 2.75) is 29.3 Å². The van der Waals surface area contributed by atoms with Crippen molar-refractivity contribution in [2.24, 2.45) is 0 Å². The van der Waals surface area contributed by atoms with Crippen LogP contribution in [0.1, 0.15) is 18.4 Å². The molecule has 0 bridgehead atoms. The van der Waals surface area contributed by atoms with E-state index < -0.39 is 23.2 Å². The van der Waals surface area contributed by atoms with Gasteiger partial charge in [-0.1, -0.05) is 28.8 Å². The van der Waals surface area contributed by atoms with E-state index in [1.807, 2.05) is 0 Å². The van der Waals surface area contributed by atoms with Gasteiger partial charge in [0.15, 0.2) is 5.16 Å².